The molecule has 12 atom stereocenters. The number of rotatable bonds is 5. The maximum atomic E-state index is 14.5. The Morgan fingerprint density at radius 2 is 1.02 bits per heavy atom. The SMILES string of the molecule is COc1cc2c(cc1OC)[C@]13CCN4CC5=C(C6=C7CN8CC[C@]9%10c%11cc(OC)c(OC)cc%11N%11C(=O)C[C@H](O6)[C@H]([C@H]7C[C@@H]89)[C@@H]%11%10)O[C@@H]6CC(=O)N2[C@@H]1[C@H]6[C@H]5C[C@H]43. The van der Waals surface area contributed by atoms with Gasteiger partial charge in [0.15, 0.2) is 34.5 Å². The maximum Gasteiger partial charge on any atom is 0.231 e. The summed E-state index contributed by atoms with van der Waals surface area (Å²) in [6.07, 6.45) is 4.30. The first-order valence-electron chi connectivity index (χ1n) is 20.8. The second-order valence-corrected chi connectivity index (χ2v) is 18.7. The summed E-state index contributed by atoms with van der Waals surface area (Å²) in [4.78, 5) is 38.7. The molecule has 12 nitrogen and oxygen atoms in total. The van der Waals surface area contributed by atoms with Crippen LogP contribution in [0, 0.1) is 23.7 Å². The fourth-order valence-electron chi connectivity index (χ4n) is 15.9. The molecular formula is C44H46N4O8. The zero-order valence-electron chi connectivity index (χ0n) is 32.2. The average Bonchev–Trinajstić information content (AvgIpc) is 3.96. The highest BCUT2D eigenvalue weighted by atomic mass is 16.5. The predicted octanol–water partition coefficient (Wildman–Crippen LogP) is 3.89. The number of hydrogen-bond donors (Lipinski definition) is 0. The summed E-state index contributed by atoms with van der Waals surface area (Å²) in [5.74, 6) is 5.79. The molecule has 12 heteroatoms. The first kappa shape index (κ1) is 31.6. The van der Waals surface area contributed by atoms with Crippen molar-refractivity contribution in [3.8, 4) is 23.0 Å². The van der Waals surface area contributed by atoms with Gasteiger partial charge < -0.3 is 38.2 Å². The van der Waals surface area contributed by atoms with Crippen LogP contribution in [0.15, 0.2) is 46.9 Å². The molecule has 2 spiro atoms. The van der Waals surface area contributed by atoms with Crippen LogP contribution in [-0.2, 0) is 29.9 Å². The number of carbonyl (C=O) groups is 2. The van der Waals surface area contributed by atoms with E-state index in [2.05, 4.69) is 31.7 Å². The number of anilines is 2. The van der Waals surface area contributed by atoms with Crippen molar-refractivity contribution in [3.05, 3.63) is 58.1 Å². The zero-order chi connectivity index (χ0) is 37.3. The summed E-state index contributed by atoms with van der Waals surface area (Å²) in [5, 5.41) is 0. The molecule has 14 rings (SSSR count). The van der Waals surface area contributed by atoms with Crippen molar-refractivity contribution in [3.63, 3.8) is 0 Å². The summed E-state index contributed by atoms with van der Waals surface area (Å²) in [7, 11) is 6.73. The van der Waals surface area contributed by atoms with Gasteiger partial charge in [0.25, 0.3) is 0 Å². The van der Waals surface area contributed by atoms with Gasteiger partial charge in [-0.05, 0) is 85.0 Å². The quantitative estimate of drug-likeness (QED) is 0.447. The monoisotopic (exact) mass is 758 g/mol. The van der Waals surface area contributed by atoms with Crippen molar-refractivity contribution in [1.82, 2.24) is 9.80 Å². The van der Waals surface area contributed by atoms with Gasteiger partial charge in [0, 0.05) is 60.0 Å². The van der Waals surface area contributed by atoms with Crippen molar-refractivity contribution in [2.24, 2.45) is 23.7 Å². The van der Waals surface area contributed by atoms with Gasteiger partial charge in [-0.25, -0.2) is 0 Å². The maximum absolute atomic E-state index is 14.5. The van der Waals surface area contributed by atoms with Crippen LogP contribution in [0.25, 0.3) is 0 Å². The number of fused-ring (bicyclic) bond motifs is 4. The summed E-state index contributed by atoms with van der Waals surface area (Å²) < 4.78 is 38.0. The molecule has 6 saturated heterocycles. The van der Waals surface area contributed by atoms with Gasteiger partial charge in [-0.1, -0.05) is 0 Å². The molecule has 2 saturated carbocycles. The van der Waals surface area contributed by atoms with Crippen molar-refractivity contribution >= 4 is 23.2 Å². The van der Waals surface area contributed by atoms with Crippen LogP contribution in [-0.4, -0.2) is 113 Å². The molecule has 10 heterocycles. The van der Waals surface area contributed by atoms with Gasteiger partial charge >= 0.3 is 0 Å². The van der Waals surface area contributed by atoms with Crippen LogP contribution in [0.3, 0.4) is 0 Å². The highest BCUT2D eigenvalue weighted by molar-refractivity contribution is 6.01. The van der Waals surface area contributed by atoms with E-state index in [-0.39, 0.29) is 58.8 Å². The summed E-state index contributed by atoms with van der Waals surface area (Å²) in [6.45, 7) is 3.64. The number of methoxy groups -OCH3 is 4. The van der Waals surface area contributed by atoms with E-state index in [0.717, 1.165) is 86.3 Å². The molecule has 8 fully saturated rings. The van der Waals surface area contributed by atoms with E-state index in [1.54, 1.807) is 28.4 Å². The van der Waals surface area contributed by atoms with E-state index < -0.39 is 0 Å². The smallest absolute Gasteiger partial charge is 0.231 e. The van der Waals surface area contributed by atoms with Crippen LogP contribution in [0.2, 0.25) is 0 Å². The Kier molecular flexibility index (Phi) is 5.64. The molecule has 0 N–H and O–H groups in total. The molecular weight excluding hydrogens is 713 g/mol. The number of ether oxygens (including phenoxy) is 6. The van der Waals surface area contributed by atoms with E-state index in [1.807, 2.05) is 12.1 Å². The molecule has 2 aromatic carbocycles. The molecule has 56 heavy (non-hydrogen) atoms. The lowest BCUT2D eigenvalue weighted by molar-refractivity contribution is -0.141. The van der Waals surface area contributed by atoms with E-state index in [9.17, 15) is 9.59 Å². The Bertz CT molecular complexity index is 2160. The molecule has 0 radical (unpaired) electrons. The van der Waals surface area contributed by atoms with E-state index in [0.29, 0.717) is 48.3 Å². The molecule has 2 aromatic rings. The van der Waals surface area contributed by atoms with Crippen LogP contribution in [0.1, 0.15) is 49.7 Å². The Morgan fingerprint density at radius 3 is 1.43 bits per heavy atom. The molecule has 0 aromatic heterocycles. The van der Waals surface area contributed by atoms with Crippen LogP contribution in [0.4, 0.5) is 11.4 Å². The molecule has 0 unspecified atom stereocenters. The molecule has 10 aliphatic heterocycles. The fourth-order valence-corrected chi connectivity index (χ4v) is 15.9. The minimum atomic E-state index is -0.232. The third-order valence-electron chi connectivity index (χ3n) is 17.6. The molecule has 2 amide bonds. The van der Waals surface area contributed by atoms with Crippen LogP contribution in [0.5, 0.6) is 23.0 Å². The first-order valence-corrected chi connectivity index (χ1v) is 20.8. The minimum Gasteiger partial charge on any atom is -0.493 e. The zero-order valence-corrected chi connectivity index (χ0v) is 32.2. The highest BCUT2D eigenvalue weighted by Gasteiger charge is 2.75. The topological polar surface area (TPSA) is 102 Å². The Balaban J connectivity index is 0.916. The average molecular weight is 759 g/mol. The van der Waals surface area contributed by atoms with Gasteiger partial charge in [0.2, 0.25) is 11.8 Å². The van der Waals surface area contributed by atoms with Crippen molar-refractivity contribution in [2.45, 2.75) is 85.7 Å². The summed E-state index contributed by atoms with van der Waals surface area (Å²) >= 11 is 0. The summed E-state index contributed by atoms with van der Waals surface area (Å²) in [6, 6.07) is 9.15. The number of benzene rings is 2. The van der Waals surface area contributed by atoms with Gasteiger partial charge in [-0.15, -0.1) is 0 Å². The second kappa shape index (κ2) is 9.99. The third kappa shape index (κ3) is 3.19. The van der Waals surface area contributed by atoms with Gasteiger partial charge in [-0.2, -0.15) is 0 Å². The lowest BCUT2D eigenvalue weighted by Gasteiger charge is -2.62. The molecule has 290 valence electrons. The van der Waals surface area contributed by atoms with Crippen molar-refractivity contribution in [2.75, 3.05) is 64.4 Å². The lowest BCUT2D eigenvalue weighted by Crippen LogP contribution is -2.71. The predicted molar refractivity (Wildman–Crippen MR) is 201 cm³/mol. The summed E-state index contributed by atoms with van der Waals surface area (Å²) in [5.41, 5.74) is 6.82. The third-order valence-corrected chi connectivity index (χ3v) is 17.6. The van der Waals surface area contributed by atoms with Crippen molar-refractivity contribution in [1.29, 1.82) is 0 Å². The lowest BCUT2D eigenvalue weighted by atomic mass is 9.52. The number of amides is 2. The Hall–Kier alpha value is -4.42. The van der Waals surface area contributed by atoms with Crippen LogP contribution < -0.4 is 28.7 Å². The van der Waals surface area contributed by atoms with Gasteiger partial charge in [0.05, 0.1) is 64.7 Å². The number of piperidine rings is 4. The van der Waals surface area contributed by atoms with Crippen LogP contribution >= 0.6 is 0 Å². The van der Waals surface area contributed by atoms with Crippen molar-refractivity contribution < 1.29 is 38.0 Å². The van der Waals surface area contributed by atoms with Gasteiger partial charge in [0.1, 0.15) is 12.2 Å². The largest absolute Gasteiger partial charge is 0.493 e. The Morgan fingerprint density at radius 1 is 0.607 bits per heavy atom. The van der Waals surface area contributed by atoms with E-state index in [4.69, 9.17) is 28.4 Å². The molecule has 4 bridgehead atoms. The molecule has 2 aliphatic carbocycles. The van der Waals surface area contributed by atoms with E-state index >= 15 is 0 Å². The normalized spacial score (nSPS) is 42.1. The molecule has 12 aliphatic rings. The minimum absolute atomic E-state index is 0.0233. The second-order valence-electron chi connectivity index (χ2n) is 18.7. The number of hydrogen-bond acceptors (Lipinski definition) is 10. The highest BCUT2D eigenvalue weighted by Crippen LogP contribution is 2.71. The van der Waals surface area contributed by atoms with Gasteiger partial charge in [-0.3, -0.25) is 19.4 Å². The standard InChI is InChI=1S/C44H46N4O8/c1-51-27-11-23-25(13-29(27)53-3)47-35(49)15-31-37-19-9-33-43(23,41(37)47)5-7-45(33)17-21(19)39(55-31)40-22-18-46-8-6-44-24-12-28(52-2)30(54-4)14-26(24)48-36(50)16-32(56-40)38(42(44)48)20(22)10-34(44)46/h11-14,19-20,31-34,37-38,41-42H,5-10,15-18H2,1-4H3/t19-,20-,31-,32+,33+,34-,37-,38-,41+,42+,43-,44-/m0/s1. The Labute approximate surface area is 325 Å². The first-order chi connectivity index (χ1) is 27.3. The number of carbonyl (C=O) groups excluding carboxylic acids is 2. The number of nitrogens with zero attached hydrogens (tertiary/aromatic N) is 4. The fraction of sp³-hybridized carbons (Fsp3) is 0.591. The van der Waals surface area contributed by atoms with E-state index in [1.165, 1.54) is 22.3 Å².